The third-order valence-electron chi connectivity index (χ3n) is 3.62. The first-order valence-corrected chi connectivity index (χ1v) is 6.67. The van der Waals surface area contributed by atoms with Gasteiger partial charge in [0.05, 0.1) is 12.1 Å². The molecule has 1 aliphatic heterocycles. The molecule has 4 nitrogen and oxygen atoms in total. The van der Waals surface area contributed by atoms with Crippen LogP contribution in [0.5, 0.6) is 11.5 Å². The Bertz CT molecular complexity index is 422. The largest absolute Gasteiger partial charge is 0.486 e. The van der Waals surface area contributed by atoms with Crippen molar-refractivity contribution in [1.82, 2.24) is 0 Å². The van der Waals surface area contributed by atoms with E-state index in [1.165, 1.54) is 6.42 Å². The van der Waals surface area contributed by atoms with E-state index in [-0.39, 0.29) is 12.1 Å². The lowest BCUT2D eigenvalue weighted by Gasteiger charge is -2.29. The molecule has 0 saturated heterocycles. The van der Waals surface area contributed by atoms with E-state index in [0.29, 0.717) is 13.2 Å². The van der Waals surface area contributed by atoms with Gasteiger partial charge in [0.1, 0.15) is 13.2 Å². The minimum absolute atomic E-state index is 0.154. The molecule has 0 radical (unpaired) electrons. The molecule has 1 heterocycles. The Balaban J connectivity index is 1.72. The zero-order chi connectivity index (χ0) is 12.4. The first-order chi connectivity index (χ1) is 8.83. The van der Waals surface area contributed by atoms with Crippen molar-refractivity contribution in [1.29, 1.82) is 0 Å². The van der Waals surface area contributed by atoms with Gasteiger partial charge in [-0.25, -0.2) is 0 Å². The van der Waals surface area contributed by atoms with Gasteiger partial charge in [0.25, 0.3) is 0 Å². The Morgan fingerprint density at radius 2 is 1.83 bits per heavy atom. The monoisotopic (exact) mass is 249 g/mol. The van der Waals surface area contributed by atoms with Crippen molar-refractivity contribution in [3.05, 3.63) is 18.2 Å². The molecular weight excluding hydrogens is 230 g/mol. The second-order valence-electron chi connectivity index (χ2n) is 4.96. The van der Waals surface area contributed by atoms with Gasteiger partial charge in [0, 0.05) is 11.8 Å². The Labute approximate surface area is 107 Å². The van der Waals surface area contributed by atoms with Crippen LogP contribution >= 0.6 is 0 Å². The lowest BCUT2D eigenvalue weighted by molar-refractivity contribution is 0.116. The van der Waals surface area contributed by atoms with E-state index in [1.807, 2.05) is 18.2 Å². The second kappa shape index (κ2) is 5.06. The second-order valence-corrected chi connectivity index (χ2v) is 4.96. The Morgan fingerprint density at radius 3 is 2.67 bits per heavy atom. The highest BCUT2D eigenvalue weighted by molar-refractivity contribution is 5.55. The predicted molar refractivity (Wildman–Crippen MR) is 69.3 cm³/mol. The van der Waals surface area contributed by atoms with Crippen LogP contribution in [0.2, 0.25) is 0 Å². The molecule has 0 unspecified atom stereocenters. The number of hydrogen-bond donors (Lipinski definition) is 2. The fourth-order valence-corrected chi connectivity index (χ4v) is 2.63. The van der Waals surface area contributed by atoms with Crippen molar-refractivity contribution in [2.75, 3.05) is 18.5 Å². The van der Waals surface area contributed by atoms with Crippen LogP contribution in [0.25, 0.3) is 0 Å². The fraction of sp³-hybridized carbons (Fsp3) is 0.571. The molecule has 98 valence electrons. The molecule has 1 aromatic carbocycles. The van der Waals surface area contributed by atoms with Gasteiger partial charge in [-0.05, 0) is 25.0 Å². The summed E-state index contributed by atoms with van der Waals surface area (Å²) in [6.07, 6.45) is 3.98. The van der Waals surface area contributed by atoms with Gasteiger partial charge in [0.15, 0.2) is 11.5 Å². The van der Waals surface area contributed by atoms with Gasteiger partial charge in [-0.2, -0.15) is 0 Å². The summed E-state index contributed by atoms with van der Waals surface area (Å²) in [7, 11) is 0. The predicted octanol–water partition coefficient (Wildman–Crippen LogP) is 2.17. The molecule has 2 aliphatic rings. The van der Waals surface area contributed by atoms with Crippen LogP contribution in [0, 0.1) is 0 Å². The van der Waals surface area contributed by atoms with Crippen molar-refractivity contribution in [2.45, 2.75) is 37.8 Å². The van der Waals surface area contributed by atoms with Gasteiger partial charge >= 0.3 is 0 Å². The van der Waals surface area contributed by atoms with Crippen LogP contribution < -0.4 is 14.8 Å². The van der Waals surface area contributed by atoms with Crippen LogP contribution in [-0.4, -0.2) is 30.5 Å². The van der Waals surface area contributed by atoms with E-state index < -0.39 is 0 Å². The van der Waals surface area contributed by atoms with E-state index in [0.717, 1.165) is 36.4 Å². The summed E-state index contributed by atoms with van der Waals surface area (Å²) in [6.45, 7) is 1.21. The molecule has 1 fully saturated rings. The highest BCUT2D eigenvalue weighted by Gasteiger charge is 2.23. The van der Waals surface area contributed by atoms with E-state index in [9.17, 15) is 5.11 Å². The number of hydrogen-bond acceptors (Lipinski definition) is 4. The maximum absolute atomic E-state index is 9.95. The topological polar surface area (TPSA) is 50.7 Å². The molecule has 1 saturated carbocycles. The minimum Gasteiger partial charge on any atom is -0.486 e. The SMILES string of the molecule is O[C@@H]1CCCC[C@H]1Nc1ccc2c(c1)OCCO2. The number of rotatable bonds is 2. The summed E-state index contributed by atoms with van der Waals surface area (Å²) < 4.78 is 11.0. The maximum Gasteiger partial charge on any atom is 0.163 e. The molecule has 0 aromatic heterocycles. The fourth-order valence-electron chi connectivity index (χ4n) is 2.63. The molecule has 0 amide bonds. The average molecular weight is 249 g/mol. The minimum atomic E-state index is -0.244. The standard InChI is InChI=1S/C14H19NO3/c16-12-4-2-1-3-11(12)15-10-5-6-13-14(9-10)18-8-7-17-13/h5-6,9,11-12,15-16H,1-4,7-8H2/t11-,12-/m1/s1. The molecule has 3 rings (SSSR count). The van der Waals surface area contributed by atoms with Crippen LogP contribution in [0.1, 0.15) is 25.7 Å². The van der Waals surface area contributed by atoms with Crippen LogP contribution in [-0.2, 0) is 0 Å². The van der Waals surface area contributed by atoms with Crippen LogP contribution in [0.3, 0.4) is 0 Å². The summed E-state index contributed by atoms with van der Waals surface area (Å²) in [5, 5.41) is 13.3. The molecule has 18 heavy (non-hydrogen) atoms. The summed E-state index contributed by atoms with van der Waals surface area (Å²) >= 11 is 0. The first-order valence-electron chi connectivity index (χ1n) is 6.67. The Hall–Kier alpha value is -1.42. The maximum atomic E-state index is 9.95. The lowest BCUT2D eigenvalue weighted by Crippen LogP contribution is -2.36. The molecule has 2 atom stereocenters. The number of aliphatic hydroxyl groups is 1. The third-order valence-corrected chi connectivity index (χ3v) is 3.62. The summed E-state index contributed by atoms with van der Waals surface area (Å²) in [4.78, 5) is 0. The molecule has 0 spiro atoms. The Kier molecular flexibility index (Phi) is 3.28. The van der Waals surface area contributed by atoms with E-state index in [1.54, 1.807) is 0 Å². The van der Waals surface area contributed by atoms with E-state index in [4.69, 9.17) is 9.47 Å². The smallest absolute Gasteiger partial charge is 0.163 e. The van der Waals surface area contributed by atoms with Crippen molar-refractivity contribution < 1.29 is 14.6 Å². The van der Waals surface area contributed by atoms with Gasteiger partial charge < -0.3 is 19.9 Å². The van der Waals surface area contributed by atoms with Crippen LogP contribution in [0.4, 0.5) is 5.69 Å². The van der Waals surface area contributed by atoms with Gasteiger partial charge in [-0.15, -0.1) is 0 Å². The van der Waals surface area contributed by atoms with Crippen LogP contribution in [0.15, 0.2) is 18.2 Å². The number of aliphatic hydroxyl groups excluding tert-OH is 1. The van der Waals surface area contributed by atoms with Gasteiger partial charge in [-0.1, -0.05) is 12.8 Å². The van der Waals surface area contributed by atoms with E-state index >= 15 is 0 Å². The van der Waals surface area contributed by atoms with Crippen molar-refractivity contribution in [3.63, 3.8) is 0 Å². The number of benzene rings is 1. The zero-order valence-electron chi connectivity index (χ0n) is 10.4. The number of ether oxygens (including phenoxy) is 2. The quantitative estimate of drug-likeness (QED) is 0.843. The van der Waals surface area contributed by atoms with Crippen molar-refractivity contribution >= 4 is 5.69 Å². The molecule has 1 aromatic rings. The Morgan fingerprint density at radius 1 is 1.06 bits per heavy atom. The van der Waals surface area contributed by atoms with Crippen molar-refractivity contribution in [2.24, 2.45) is 0 Å². The third kappa shape index (κ3) is 2.38. The normalized spacial score (nSPS) is 26.7. The molecule has 1 aliphatic carbocycles. The van der Waals surface area contributed by atoms with Crippen molar-refractivity contribution in [3.8, 4) is 11.5 Å². The number of nitrogens with one attached hydrogen (secondary N) is 1. The lowest BCUT2D eigenvalue weighted by atomic mass is 9.92. The average Bonchev–Trinajstić information content (AvgIpc) is 2.41. The first kappa shape index (κ1) is 11.7. The molecule has 0 bridgehead atoms. The number of anilines is 1. The summed E-state index contributed by atoms with van der Waals surface area (Å²) in [5.41, 5.74) is 0.991. The van der Waals surface area contributed by atoms with Gasteiger partial charge in [0.2, 0.25) is 0 Å². The molecule has 2 N–H and O–H groups in total. The highest BCUT2D eigenvalue weighted by atomic mass is 16.6. The highest BCUT2D eigenvalue weighted by Crippen LogP contribution is 2.33. The summed E-state index contributed by atoms with van der Waals surface area (Å²) in [5.74, 6) is 1.59. The van der Waals surface area contributed by atoms with Gasteiger partial charge in [-0.3, -0.25) is 0 Å². The summed E-state index contributed by atoms with van der Waals surface area (Å²) in [6, 6.07) is 6.01. The van der Waals surface area contributed by atoms with E-state index in [2.05, 4.69) is 5.32 Å². The molecular formula is C14H19NO3. The zero-order valence-corrected chi connectivity index (χ0v) is 10.4. The molecule has 4 heteroatoms. The number of fused-ring (bicyclic) bond motifs is 1.